The molecule has 12 N–H and O–H groups in total. The SMILES string of the molecule is CCC/C=C/CC/C=C/C(O)C(COC1OC(CO)C(OC2OC(CO)C(OC3OC(CO)C(O)C(O)C3O)C(O)C2O)C(O)C1O)NC(=O)CCCCCCCCCCCCC/C=C\C/C=C\CCCCCCC. The minimum Gasteiger partial charge on any atom is -0.394 e. The van der Waals surface area contributed by atoms with Gasteiger partial charge in [-0.05, 0) is 57.8 Å². The minimum atomic E-state index is -1.98. The van der Waals surface area contributed by atoms with Crippen LogP contribution in [0.1, 0.15) is 168 Å². The minimum absolute atomic E-state index is 0.231. The molecule has 0 bridgehead atoms. The summed E-state index contributed by atoms with van der Waals surface area (Å²) in [6, 6.07) is -0.988. The number of aliphatic hydroxyl groups is 11. The third-order valence-electron chi connectivity index (χ3n) is 14.1. The summed E-state index contributed by atoms with van der Waals surface area (Å²) in [5.41, 5.74) is 0. The number of unbranched alkanes of at least 4 members (excludes halogenated alkanes) is 18. The number of hydrogen-bond acceptors (Lipinski definition) is 18. The van der Waals surface area contributed by atoms with Crippen molar-refractivity contribution >= 4 is 5.91 Å². The monoisotopic (exact) mass is 1070 g/mol. The molecule has 3 fully saturated rings. The van der Waals surface area contributed by atoms with Crippen LogP contribution < -0.4 is 5.32 Å². The first-order chi connectivity index (χ1) is 36.3. The van der Waals surface area contributed by atoms with Crippen LogP contribution >= 0.6 is 0 Å². The Balaban J connectivity index is 1.44. The van der Waals surface area contributed by atoms with Gasteiger partial charge in [0.15, 0.2) is 18.9 Å². The first-order valence-electron chi connectivity index (χ1n) is 28.4. The maximum absolute atomic E-state index is 13.2. The molecule has 75 heavy (non-hydrogen) atoms. The Hall–Kier alpha value is -2.25. The zero-order chi connectivity index (χ0) is 54.8. The Morgan fingerprint density at radius 2 is 0.920 bits per heavy atom. The molecule has 0 radical (unpaired) electrons. The lowest BCUT2D eigenvalue weighted by molar-refractivity contribution is -0.379. The summed E-state index contributed by atoms with van der Waals surface area (Å²) in [5, 5.41) is 119. The normalized spacial score (nSPS) is 31.6. The van der Waals surface area contributed by atoms with Crippen LogP contribution in [0.2, 0.25) is 0 Å². The summed E-state index contributed by atoms with van der Waals surface area (Å²) < 4.78 is 34.1. The highest BCUT2D eigenvalue weighted by Crippen LogP contribution is 2.33. The molecule has 3 saturated heterocycles. The molecule has 0 saturated carbocycles. The van der Waals surface area contributed by atoms with Crippen molar-refractivity contribution < 1.29 is 89.4 Å². The molecular weight excluding hydrogens is 975 g/mol. The van der Waals surface area contributed by atoms with Gasteiger partial charge in [0.25, 0.3) is 0 Å². The maximum atomic E-state index is 13.2. The second-order valence-corrected chi connectivity index (χ2v) is 20.4. The average Bonchev–Trinajstić information content (AvgIpc) is 3.41. The number of hydrogen-bond donors (Lipinski definition) is 12. The molecule has 0 aromatic rings. The second kappa shape index (κ2) is 40.0. The second-order valence-electron chi connectivity index (χ2n) is 20.4. The van der Waals surface area contributed by atoms with Crippen LogP contribution in [0.4, 0.5) is 0 Å². The zero-order valence-corrected chi connectivity index (χ0v) is 45.0. The Bertz CT molecular complexity index is 1570. The molecule has 0 aromatic heterocycles. The molecule has 3 aliphatic heterocycles. The molecule has 3 aliphatic rings. The number of nitrogens with one attached hydrogen (secondary N) is 1. The number of carbonyl (C=O) groups excluding carboxylic acids is 1. The Labute approximate surface area is 446 Å². The summed E-state index contributed by atoms with van der Waals surface area (Å²) in [7, 11) is 0. The molecule has 17 atom stereocenters. The van der Waals surface area contributed by atoms with Gasteiger partial charge in [0.05, 0.1) is 38.6 Å². The van der Waals surface area contributed by atoms with Crippen molar-refractivity contribution in [3.8, 4) is 0 Å². The van der Waals surface area contributed by atoms with E-state index in [2.05, 4.69) is 55.6 Å². The number of amides is 1. The summed E-state index contributed by atoms with van der Waals surface area (Å²) in [5.74, 6) is -0.295. The van der Waals surface area contributed by atoms with E-state index in [1.165, 1.54) is 77.0 Å². The van der Waals surface area contributed by atoms with Crippen LogP contribution in [0.25, 0.3) is 0 Å². The van der Waals surface area contributed by atoms with Crippen molar-refractivity contribution in [2.24, 2.45) is 0 Å². The first kappa shape index (κ1) is 67.0. The van der Waals surface area contributed by atoms with Gasteiger partial charge in [-0.1, -0.05) is 152 Å². The molecule has 436 valence electrons. The van der Waals surface area contributed by atoms with E-state index in [0.29, 0.717) is 12.8 Å². The van der Waals surface area contributed by atoms with Crippen molar-refractivity contribution in [2.75, 3.05) is 26.4 Å². The van der Waals surface area contributed by atoms with Crippen LogP contribution in [0.5, 0.6) is 0 Å². The third-order valence-corrected chi connectivity index (χ3v) is 14.1. The zero-order valence-electron chi connectivity index (χ0n) is 45.0. The van der Waals surface area contributed by atoms with Crippen molar-refractivity contribution in [1.29, 1.82) is 0 Å². The van der Waals surface area contributed by atoms with E-state index in [4.69, 9.17) is 28.4 Å². The van der Waals surface area contributed by atoms with Gasteiger partial charge in [-0.25, -0.2) is 0 Å². The van der Waals surface area contributed by atoms with E-state index < -0.39 is 124 Å². The van der Waals surface area contributed by atoms with Gasteiger partial charge in [0, 0.05) is 6.42 Å². The summed E-state index contributed by atoms with van der Waals surface area (Å²) in [4.78, 5) is 13.2. The van der Waals surface area contributed by atoms with Crippen molar-refractivity contribution in [3.05, 3.63) is 48.6 Å². The molecule has 3 heterocycles. The number of allylic oxidation sites excluding steroid dienone is 7. The van der Waals surface area contributed by atoms with Crippen LogP contribution in [-0.2, 0) is 33.2 Å². The topological polar surface area (TPSA) is 307 Å². The third kappa shape index (κ3) is 24.8. The molecule has 0 aromatic carbocycles. The smallest absolute Gasteiger partial charge is 0.220 e. The predicted molar refractivity (Wildman–Crippen MR) is 282 cm³/mol. The number of ether oxygens (including phenoxy) is 6. The van der Waals surface area contributed by atoms with E-state index in [1.807, 2.05) is 0 Å². The molecule has 0 spiro atoms. The number of carbonyl (C=O) groups is 1. The molecule has 3 rings (SSSR count). The lowest BCUT2D eigenvalue weighted by atomic mass is 9.96. The lowest BCUT2D eigenvalue weighted by Crippen LogP contribution is -2.66. The van der Waals surface area contributed by atoms with Gasteiger partial charge in [-0.3, -0.25) is 4.79 Å². The summed E-state index contributed by atoms with van der Waals surface area (Å²) >= 11 is 0. The maximum Gasteiger partial charge on any atom is 0.220 e. The Morgan fingerprint density at radius 3 is 1.45 bits per heavy atom. The van der Waals surface area contributed by atoms with Crippen LogP contribution in [0.15, 0.2) is 48.6 Å². The number of rotatable bonds is 40. The van der Waals surface area contributed by atoms with Gasteiger partial charge in [0.2, 0.25) is 5.91 Å². The van der Waals surface area contributed by atoms with Crippen molar-refractivity contribution in [2.45, 2.75) is 272 Å². The van der Waals surface area contributed by atoms with Crippen LogP contribution in [-0.4, -0.2) is 193 Å². The fraction of sp³-hybridized carbons (Fsp3) is 0.839. The van der Waals surface area contributed by atoms with Crippen LogP contribution in [0, 0.1) is 0 Å². The van der Waals surface area contributed by atoms with E-state index in [1.54, 1.807) is 12.2 Å². The van der Waals surface area contributed by atoms with E-state index in [0.717, 1.165) is 57.8 Å². The Morgan fingerprint density at radius 1 is 0.480 bits per heavy atom. The fourth-order valence-electron chi connectivity index (χ4n) is 9.36. The van der Waals surface area contributed by atoms with Gasteiger partial charge < -0.3 is 89.9 Å². The fourth-order valence-corrected chi connectivity index (χ4v) is 9.36. The highest BCUT2D eigenvalue weighted by atomic mass is 16.8. The first-order valence-corrected chi connectivity index (χ1v) is 28.4. The van der Waals surface area contributed by atoms with Gasteiger partial charge in [0.1, 0.15) is 73.2 Å². The highest BCUT2D eigenvalue weighted by Gasteiger charge is 2.53. The Kier molecular flexibility index (Phi) is 35.8. The largest absolute Gasteiger partial charge is 0.394 e. The number of aliphatic hydroxyl groups excluding tert-OH is 11. The lowest BCUT2D eigenvalue weighted by Gasteiger charge is -2.48. The van der Waals surface area contributed by atoms with Crippen molar-refractivity contribution in [3.63, 3.8) is 0 Å². The van der Waals surface area contributed by atoms with E-state index >= 15 is 0 Å². The molecular formula is C56H99NO18. The average molecular weight is 1070 g/mol. The summed E-state index contributed by atoms with van der Waals surface area (Å²) in [6.45, 7) is 1.54. The van der Waals surface area contributed by atoms with Gasteiger partial charge >= 0.3 is 0 Å². The van der Waals surface area contributed by atoms with Crippen molar-refractivity contribution in [1.82, 2.24) is 5.32 Å². The van der Waals surface area contributed by atoms with Gasteiger partial charge in [-0.2, -0.15) is 0 Å². The predicted octanol–water partition coefficient (Wildman–Crippen LogP) is 3.92. The molecule has 17 unspecified atom stereocenters. The highest BCUT2D eigenvalue weighted by molar-refractivity contribution is 5.76. The van der Waals surface area contributed by atoms with E-state index in [-0.39, 0.29) is 18.9 Å². The van der Waals surface area contributed by atoms with E-state index in [9.17, 15) is 61.0 Å². The standard InChI is InChI=1S/C56H99NO18/c1-3-5-7-9-11-12-13-14-15-16-17-18-19-20-21-22-23-24-25-26-28-30-32-34-44(62)57-39(40(61)33-31-29-27-10-8-6-4-2)38-70-54-50(68)47(65)52(42(36-59)72-54)75-56-51(69)48(66)53(43(37-60)73-56)74-55-49(67)46(64)45(63)41(35-58)71-55/h8,10,13-14,16-17,31,33,39-43,45-56,58-61,63-69H,3-7,9,11-12,15,18-30,32,34-38H2,1-2H3,(H,57,62)/b10-8+,14-13-,17-16-,33-31+. The van der Waals surface area contributed by atoms with Crippen LogP contribution in [0.3, 0.4) is 0 Å². The quantitative estimate of drug-likeness (QED) is 0.0306. The van der Waals surface area contributed by atoms with Gasteiger partial charge in [-0.15, -0.1) is 0 Å². The molecule has 19 nitrogen and oxygen atoms in total. The molecule has 19 heteroatoms. The molecule has 0 aliphatic carbocycles. The molecule has 1 amide bonds. The summed E-state index contributed by atoms with van der Waals surface area (Å²) in [6.07, 6.45) is 15.8.